The quantitative estimate of drug-likeness (QED) is 0.658. The lowest BCUT2D eigenvalue weighted by Gasteiger charge is -2.12. The summed E-state index contributed by atoms with van der Waals surface area (Å²) in [7, 11) is 0. The van der Waals surface area contributed by atoms with Crippen LogP contribution in [0.4, 0.5) is 0 Å². The third kappa shape index (κ3) is 3.78. The topological polar surface area (TPSA) is 49.5 Å². The summed E-state index contributed by atoms with van der Waals surface area (Å²) in [5, 5.41) is 10.3. The largest absolute Gasteiger partial charge is 0.462 e. The van der Waals surface area contributed by atoms with Gasteiger partial charge in [0.05, 0.1) is 18.3 Å². The molecule has 1 saturated heterocycles. The van der Waals surface area contributed by atoms with E-state index in [-0.39, 0.29) is 5.97 Å². The number of ether oxygens (including phenoxy) is 1. The SMILES string of the molecule is CCOC(=O)c1ccc(C2CN2CC(O)c2ccccc2)cc1. The second-order valence-electron chi connectivity index (χ2n) is 5.74. The fraction of sp³-hybridized carbons (Fsp3) is 0.316. The van der Waals surface area contributed by atoms with E-state index in [2.05, 4.69) is 4.90 Å². The number of hydrogen-bond acceptors (Lipinski definition) is 4. The Balaban J connectivity index is 1.57. The summed E-state index contributed by atoms with van der Waals surface area (Å²) in [6, 6.07) is 17.6. The monoisotopic (exact) mass is 311 g/mol. The molecule has 1 aliphatic heterocycles. The summed E-state index contributed by atoms with van der Waals surface area (Å²) in [4.78, 5) is 13.9. The van der Waals surface area contributed by atoms with Gasteiger partial charge >= 0.3 is 5.97 Å². The molecule has 0 saturated carbocycles. The summed E-state index contributed by atoms with van der Waals surface area (Å²) in [5.74, 6) is -0.286. The number of β-amino-alcohol motifs (C(OH)–C–C–N with tert-alkyl or cyclic N) is 1. The highest BCUT2D eigenvalue weighted by Gasteiger charge is 2.36. The van der Waals surface area contributed by atoms with Gasteiger partial charge in [-0.15, -0.1) is 0 Å². The van der Waals surface area contributed by atoms with Crippen LogP contribution in [0.1, 0.15) is 40.6 Å². The maximum atomic E-state index is 11.6. The molecule has 0 radical (unpaired) electrons. The molecule has 2 aromatic rings. The fourth-order valence-corrected chi connectivity index (χ4v) is 2.75. The van der Waals surface area contributed by atoms with Crippen LogP contribution in [0.2, 0.25) is 0 Å². The van der Waals surface area contributed by atoms with Crippen molar-refractivity contribution in [3.63, 3.8) is 0 Å². The van der Waals surface area contributed by atoms with Gasteiger partial charge in [-0.1, -0.05) is 42.5 Å². The first-order chi connectivity index (χ1) is 11.2. The summed E-state index contributed by atoms with van der Waals surface area (Å²) in [5.41, 5.74) is 2.68. The average Bonchev–Trinajstić information content (AvgIpc) is 3.35. The van der Waals surface area contributed by atoms with Crippen molar-refractivity contribution >= 4 is 5.97 Å². The lowest BCUT2D eigenvalue weighted by Crippen LogP contribution is -2.11. The standard InChI is InChI=1S/C19H21NO3/c1-2-23-19(22)16-10-8-14(9-11-16)17-12-20(17)13-18(21)15-6-4-3-5-7-15/h3-11,17-18,21H,2,12-13H2,1H3. The third-order valence-corrected chi connectivity index (χ3v) is 4.11. The maximum absolute atomic E-state index is 11.6. The van der Waals surface area contributed by atoms with Crippen molar-refractivity contribution < 1.29 is 14.6 Å². The van der Waals surface area contributed by atoms with Crippen LogP contribution >= 0.6 is 0 Å². The van der Waals surface area contributed by atoms with Crippen molar-refractivity contribution in [1.29, 1.82) is 0 Å². The molecular weight excluding hydrogens is 290 g/mol. The molecule has 0 bridgehead atoms. The van der Waals surface area contributed by atoms with Crippen LogP contribution in [0.5, 0.6) is 0 Å². The first-order valence-corrected chi connectivity index (χ1v) is 7.93. The van der Waals surface area contributed by atoms with Gasteiger partial charge in [0.2, 0.25) is 0 Å². The van der Waals surface area contributed by atoms with Crippen LogP contribution in [0.15, 0.2) is 54.6 Å². The molecule has 0 aliphatic carbocycles. The first-order valence-electron chi connectivity index (χ1n) is 7.93. The van der Waals surface area contributed by atoms with Crippen molar-refractivity contribution in [2.45, 2.75) is 19.1 Å². The minimum atomic E-state index is -0.472. The number of hydrogen-bond donors (Lipinski definition) is 1. The third-order valence-electron chi connectivity index (χ3n) is 4.11. The van der Waals surface area contributed by atoms with Crippen molar-refractivity contribution in [2.24, 2.45) is 0 Å². The van der Waals surface area contributed by atoms with Crippen LogP contribution in [0.3, 0.4) is 0 Å². The molecule has 0 spiro atoms. The number of carbonyl (C=O) groups excluding carboxylic acids is 1. The van der Waals surface area contributed by atoms with Gasteiger partial charge in [-0.05, 0) is 30.2 Å². The van der Waals surface area contributed by atoms with Crippen molar-refractivity contribution in [3.05, 3.63) is 71.3 Å². The second-order valence-corrected chi connectivity index (χ2v) is 5.74. The number of rotatable bonds is 6. The van der Waals surface area contributed by atoms with E-state index in [1.54, 1.807) is 19.1 Å². The van der Waals surface area contributed by atoms with Crippen molar-refractivity contribution in [1.82, 2.24) is 4.90 Å². The Labute approximate surface area is 136 Å². The van der Waals surface area contributed by atoms with Gasteiger partial charge in [0, 0.05) is 19.1 Å². The molecule has 4 nitrogen and oxygen atoms in total. The minimum Gasteiger partial charge on any atom is -0.462 e. The Morgan fingerprint density at radius 1 is 1.22 bits per heavy atom. The molecule has 1 heterocycles. The molecule has 3 unspecified atom stereocenters. The zero-order chi connectivity index (χ0) is 16.2. The molecule has 0 amide bonds. The molecule has 3 rings (SSSR count). The summed E-state index contributed by atoms with van der Waals surface area (Å²) in [6.07, 6.45) is -0.472. The normalized spacial score (nSPS) is 20.8. The molecule has 1 fully saturated rings. The van der Waals surface area contributed by atoms with E-state index in [0.29, 0.717) is 24.8 Å². The minimum absolute atomic E-state index is 0.286. The summed E-state index contributed by atoms with van der Waals surface area (Å²) in [6.45, 7) is 3.73. The van der Waals surface area contributed by atoms with Gasteiger partial charge in [0.1, 0.15) is 0 Å². The smallest absolute Gasteiger partial charge is 0.338 e. The number of aliphatic hydroxyl groups excluding tert-OH is 1. The van der Waals surface area contributed by atoms with E-state index in [1.165, 1.54) is 5.56 Å². The Morgan fingerprint density at radius 2 is 1.91 bits per heavy atom. The fourth-order valence-electron chi connectivity index (χ4n) is 2.75. The van der Waals surface area contributed by atoms with Gasteiger partial charge < -0.3 is 9.84 Å². The lowest BCUT2D eigenvalue weighted by molar-refractivity contribution is 0.0526. The van der Waals surface area contributed by atoms with Gasteiger partial charge in [-0.2, -0.15) is 0 Å². The molecule has 3 atom stereocenters. The molecule has 1 aliphatic rings. The number of carbonyl (C=O) groups is 1. The van der Waals surface area contributed by atoms with Crippen LogP contribution in [0, 0.1) is 0 Å². The lowest BCUT2D eigenvalue weighted by atomic mass is 10.1. The average molecular weight is 311 g/mol. The van der Waals surface area contributed by atoms with Gasteiger partial charge in [0.15, 0.2) is 0 Å². The van der Waals surface area contributed by atoms with Crippen LogP contribution in [-0.4, -0.2) is 35.7 Å². The van der Waals surface area contributed by atoms with E-state index < -0.39 is 6.10 Å². The second kappa shape index (κ2) is 6.94. The van der Waals surface area contributed by atoms with E-state index in [1.807, 2.05) is 42.5 Å². The molecule has 0 aromatic heterocycles. The van der Waals surface area contributed by atoms with E-state index in [4.69, 9.17) is 4.74 Å². The Morgan fingerprint density at radius 3 is 2.57 bits per heavy atom. The summed E-state index contributed by atoms with van der Waals surface area (Å²) >= 11 is 0. The number of nitrogens with zero attached hydrogens (tertiary/aromatic N) is 1. The first kappa shape index (κ1) is 15.7. The van der Waals surface area contributed by atoms with Gasteiger partial charge in [-0.25, -0.2) is 4.79 Å². The van der Waals surface area contributed by atoms with Crippen molar-refractivity contribution in [2.75, 3.05) is 19.7 Å². The van der Waals surface area contributed by atoms with Crippen LogP contribution in [-0.2, 0) is 4.74 Å². The highest BCUT2D eigenvalue weighted by atomic mass is 16.5. The molecule has 120 valence electrons. The van der Waals surface area contributed by atoms with Crippen molar-refractivity contribution in [3.8, 4) is 0 Å². The van der Waals surface area contributed by atoms with Crippen LogP contribution in [0.25, 0.3) is 0 Å². The Hall–Kier alpha value is -2.17. The van der Waals surface area contributed by atoms with E-state index in [0.717, 1.165) is 12.1 Å². The van der Waals surface area contributed by atoms with Gasteiger partial charge in [-0.3, -0.25) is 4.90 Å². The number of benzene rings is 2. The molecule has 2 aromatic carbocycles. The van der Waals surface area contributed by atoms with Crippen LogP contribution < -0.4 is 0 Å². The molecule has 1 N–H and O–H groups in total. The molecular formula is C19H21NO3. The Bertz CT molecular complexity index is 654. The zero-order valence-electron chi connectivity index (χ0n) is 13.2. The number of aliphatic hydroxyl groups is 1. The summed E-state index contributed by atoms with van der Waals surface area (Å²) < 4.78 is 4.98. The Kier molecular flexibility index (Phi) is 4.74. The molecule has 4 heteroatoms. The van der Waals surface area contributed by atoms with Gasteiger partial charge in [0.25, 0.3) is 0 Å². The zero-order valence-corrected chi connectivity index (χ0v) is 13.2. The predicted octanol–water partition coefficient (Wildman–Crippen LogP) is 2.95. The number of esters is 1. The van der Waals surface area contributed by atoms with E-state index in [9.17, 15) is 9.90 Å². The maximum Gasteiger partial charge on any atom is 0.338 e. The highest BCUT2D eigenvalue weighted by Crippen LogP contribution is 2.36. The highest BCUT2D eigenvalue weighted by molar-refractivity contribution is 5.89. The predicted molar refractivity (Wildman–Crippen MR) is 88.1 cm³/mol. The van der Waals surface area contributed by atoms with E-state index >= 15 is 0 Å². The molecule has 23 heavy (non-hydrogen) atoms.